The van der Waals surface area contributed by atoms with Crippen molar-refractivity contribution in [2.45, 2.75) is 19.4 Å². The predicted molar refractivity (Wildman–Crippen MR) is 70.8 cm³/mol. The van der Waals surface area contributed by atoms with E-state index in [1.807, 2.05) is 24.3 Å². The van der Waals surface area contributed by atoms with Gasteiger partial charge in [-0.25, -0.2) is 4.98 Å². The van der Waals surface area contributed by atoms with E-state index in [9.17, 15) is 4.79 Å². The van der Waals surface area contributed by atoms with Gasteiger partial charge in [0, 0.05) is 23.6 Å². The molecule has 0 bridgehead atoms. The van der Waals surface area contributed by atoms with Crippen LogP contribution in [0.4, 0.5) is 10.8 Å². The highest BCUT2D eigenvalue weighted by atomic mass is 32.1. The number of para-hydroxylation sites is 1. The van der Waals surface area contributed by atoms with Crippen LogP contribution in [0, 0.1) is 6.92 Å². The van der Waals surface area contributed by atoms with Crippen LogP contribution in [-0.2, 0) is 11.2 Å². The maximum absolute atomic E-state index is 12.1. The fourth-order valence-electron chi connectivity index (χ4n) is 2.00. The first-order valence-electron chi connectivity index (χ1n) is 5.68. The van der Waals surface area contributed by atoms with Crippen LogP contribution in [0.1, 0.15) is 11.4 Å². The van der Waals surface area contributed by atoms with Gasteiger partial charge in [-0.2, -0.15) is 4.37 Å². The van der Waals surface area contributed by atoms with Crippen LogP contribution in [0.5, 0.6) is 0 Å². The lowest BCUT2D eigenvalue weighted by molar-refractivity contribution is -0.116. The van der Waals surface area contributed by atoms with Crippen molar-refractivity contribution >= 4 is 28.3 Å². The monoisotopic (exact) mass is 260 g/mol. The Kier molecular flexibility index (Phi) is 2.71. The van der Waals surface area contributed by atoms with E-state index in [0.717, 1.165) is 5.69 Å². The molecule has 1 atom stereocenters. The predicted octanol–water partition coefficient (Wildman–Crippen LogP) is 1.82. The van der Waals surface area contributed by atoms with Gasteiger partial charge in [-0.15, -0.1) is 0 Å². The lowest BCUT2D eigenvalue weighted by atomic mass is 10.1. The van der Waals surface area contributed by atoms with Gasteiger partial charge < -0.3 is 5.32 Å². The number of hydrogen-bond acceptors (Lipinski definition) is 5. The fraction of sp³-hybridized carbons (Fsp3) is 0.250. The third kappa shape index (κ3) is 2.06. The Morgan fingerprint density at radius 1 is 1.50 bits per heavy atom. The number of rotatable bonds is 2. The lowest BCUT2D eigenvalue weighted by Gasteiger charge is -2.09. The van der Waals surface area contributed by atoms with Crippen LogP contribution in [0.3, 0.4) is 0 Å². The van der Waals surface area contributed by atoms with Crippen molar-refractivity contribution in [1.82, 2.24) is 9.36 Å². The van der Waals surface area contributed by atoms with Gasteiger partial charge in [0.2, 0.25) is 11.0 Å². The molecule has 2 heterocycles. The van der Waals surface area contributed by atoms with Crippen molar-refractivity contribution in [2.75, 3.05) is 10.6 Å². The molecular formula is C12H12N4OS. The number of hydrogen-bond donors (Lipinski definition) is 2. The molecule has 1 amide bonds. The summed E-state index contributed by atoms with van der Waals surface area (Å²) in [6, 6.07) is 7.73. The molecule has 0 saturated carbocycles. The van der Waals surface area contributed by atoms with E-state index < -0.39 is 0 Å². The number of nitrogens with zero attached hydrogens (tertiary/aromatic N) is 2. The molecule has 0 fully saturated rings. The molecule has 0 saturated heterocycles. The topological polar surface area (TPSA) is 66.9 Å². The average Bonchev–Trinajstić information content (AvgIpc) is 2.95. The normalized spacial score (nSPS) is 17.1. The third-order valence-electron chi connectivity index (χ3n) is 2.85. The van der Waals surface area contributed by atoms with Gasteiger partial charge in [0.25, 0.3) is 0 Å². The Labute approximate surface area is 108 Å². The highest BCUT2D eigenvalue weighted by Crippen LogP contribution is 2.25. The number of aromatic nitrogens is 2. The molecular weight excluding hydrogens is 248 g/mol. The first kappa shape index (κ1) is 11.2. The maximum Gasteiger partial charge on any atom is 0.249 e. The Morgan fingerprint density at radius 3 is 3.06 bits per heavy atom. The summed E-state index contributed by atoms with van der Waals surface area (Å²) in [7, 11) is 0. The SMILES string of the molecule is Cc1nsc(NC(=O)C2Cc3ccccc3N2)n1. The number of benzene rings is 1. The average molecular weight is 260 g/mol. The molecule has 1 aromatic heterocycles. The smallest absolute Gasteiger partial charge is 0.249 e. The summed E-state index contributed by atoms with van der Waals surface area (Å²) in [5.41, 5.74) is 2.21. The van der Waals surface area contributed by atoms with Crippen molar-refractivity contribution < 1.29 is 4.79 Å². The fourth-order valence-corrected chi connectivity index (χ4v) is 2.57. The van der Waals surface area contributed by atoms with E-state index in [1.54, 1.807) is 6.92 Å². The molecule has 2 aromatic rings. The van der Waals surface area contributed by atoms with Crippen LogP contribution in [0.2, 0.25) is 0 Å². The van der Waals surface area contributed by atoms with Crippen molar-refractivity contribution in [1.29, 1.82) is 0 Å². The van der Waals surface area contributed by atoms with Gasteiger partial charge in [-0.05, 0) is 18.6 Å². The third-order valence-corrected chi connectivity index (χ3v) is 3.57. The second-order valence-corrected chi connectivity index (χ2v) is 4.95. The zero-order valence-electron chi connectivity index (χ0n) is 9.80. The van der Waals surface area contributed by atoms with E-state index >= 15 is 0 Å². The maximum atomic E-state index is 12.1. The molecule has 0 aliphatic carbocycles. The van der Waals surface area contributed by atoms with Gasteiger partial charge in [0.1, 0.15) is 11.9 Å². The number of amides is 1. The summed E-state index contributed by atoms with van der Waals surface area (Å²) < 4.78 is 4.03. The molecule has 6 heteroatoms. The first-order valence-corrected chi connectivity index (χ1v) is 6.45. The van der Waals surface area contributed by atoms with E-state index in [-0.39, 0.29) is 11.9 Å². The molecule has 0 spiro atoms. The molecule has 1 unspecified atom stereocenters. The second kappa shape index (κ2) is 4.38. The molecule has 92 valence electrons. The van der Waals surface area contributed by atoms with Gasteiger partial charge >= 0.3 is 0 Å². The quantitative estimate of drug-likeness (QED) is 0.864. The lowest BCUT2D eigenvalue weighted by Crippen LogP contribution is -2.32. The van der Waals surface area contributed by atoms with Crippen molar-refractivity contribution in [3.63, 3.8) is 0 Å². The molecule has 5 nitrogen and oxygen atoms in total. The molecule has 1 aliphatic rings. The highest BCUT2D eigenvalue weighted by molar-refractivity contribution is 7.09. The Morgan fingerprint density at radius 2 is 2.33 bits per heavy atom. The summed E-state index contributed by atoms with van der Waals surface area (Å²) in [6.45, 7) is 1.80. The first-order chi connectivity index (χ1) is 8.72. The van der Waals surface area contributed by atoms with Crippen molar-refractivity contribution in [3.05, 3.63) is 35.7 Å². The van der Waals surface area contributed by atoms with Crippen LogP contribution < -0.4 is 10.6 Å². The van der Waals surface area contributed by atoms with Crippen LogP contribution in [-0.4, -0.2) is 21.3 Å². The Hall–Kier alpha value is -1.95. The number of fused-ring (bicyclic) bond motifs is 1. The Bertz CT molecular complexity index is 570. The number of aryl methyl sites for hydroxylation is 1. The van der Waals surface area contributed by atoms with Crippen molar-refractivity contribution in [2.24, 2.45) is 0 Å². The standard InChI is InChI=1S/C12H12N4OS/c1-7-13-12(18-16-7)15-11(17)10-6-8-4-2-3-5-9(8)14-10/h2-5,10,14H,6H2,1H3,(H,13,15,16,17). The summed E-state index contributed by atoms with van der Waals surface area (Å²) in [6.07, 6.45) is 0.708. The number of nitrogens with one attached hydrogen (secondary N) is 2. The zero-order chi connectivity index (χ0) is 12.5. The van der Waals surface area contributed by atoms with Gasteiger partial charge in [-0.1, -0.05) is 18.2 Å². The number of anilines is 2. The van der Waals surface area contributed by atoms with Gasteiger partial charge in [0.15, 0.2) is 0 Å². The summed E-state index contributed by atoms with van der Waals surface area (Å²) in [5.74, 6) is 0.611. The largest absolute Gasteiger partial charge is 0.373 e. The summed E-state index contributed by atoms with van der Waals surface area (Å²) in [4.78, 5) is 16.2. The molecule has 3 rings (SSSR count). The van der Waals surface area contributed by atoms with E-state index in [1.165, 1.54) is 17.1 Å². The van der Waals surface area contributed by atoms with Gasteiger partial charge in [-0.3, -0.25) is 10.1 Å². The van der Waals surface area contributed by atoms with E-state index in [0.29, 0.717) is 17.4 Å². The molecule has 1 aliphatic heterocycles. The summed E-state index contributed by atoms with van der Waals surface area (Å²) >= 11 is 1.20. The van der Waals surface area contributed by atoms with Crippen LogP contribution in [0.15, 0.2) is 24.3 Å². The van der Waals surface area contributed by atoms with Gasteiger partial charge in [0.05, 0.1) is 0 Å². The molecule has 18 heavy (non-hydrogen) atoms. The van der Waals surface area contributed by atoms with E-state index in [2.05, 4.69) is 20.0 Å². The van der Waals surface area contributed by atoms with Crippen LogP contribution >= 0.6 is 11.5 Å². The molecule has 0 radical (unpaired) electrons. The zero-order valence-corrected chi connectivity index (χ0v) is 10.6. The minimum Gasteiger partial charge on any atom is -0.373 e. The molecule has 2 N–H and O–H groups in total. The minimum absolute atomic E-state index is 0.0673. The summed E-state index contributed by atoms with van der Waals surface area (Å²) in [5, 5.41) is 6.54. The van der Waals surface area contributed by atoms with E-state index in [4.69, 9.17) is 0 Å². The number of carbonyl (C=O) groups is 1. The number of carbonyl (C=O) groups excluding carboxylic acids is 1. The minimum atomic E-state index is -0.230. The Balaban J connectivity index is 1.69. The highest BCUT2D eigenvalue weighted by Gasteiger charge is 2.26. The second-order valence-electron chi connectivity index (χ2n) is 4.19. The van der Waals surface area contributed by atoms with Crippen LogP contribution in [0.25, 0.3) is 0 Å². The van der Waals surface area contributed by atoms with Crippen molar-refractivity contribution in [3.8, 4) is 0 Å². The molecule has 1 aromatic carbocycles.